The second-order valence-electron chi connectivity index (χ2n) is 4.37. The van der Waals surface area contributed by atoms with Gasteiger partial charge in [0, 0.05) is 13.2 Å². The van der Waals surface area contributed by atoms with E-state index in [-0.39, 0.29) is 0 Å². The Balaban J connectivity index is 4.07. The molecule has 0 rings (SSSR count). The van der Waals surface area contributed by atoms with Crippen molar-refractivity contribution >= 4 is 31.4 Å². The van der Waals surface area contributed by atoms with Gasteiger partial charge in [0.05, 0.1) is 0 Å². The van der Waals surface area contributed by atoms with E-state index < -0.39 is 8.80 Å². The van der Waals surface area contributed by atoms with Crippen LogP contribution in [0.15, 0.2) is 0 Å². The molecule has 0 spiro atoms. The second kappa shape index (κ2) is 4.09. The summed E-state index contributed by atoms with van der Waals surface area (Å²) in [5.41, 5.74) is 1.54. The third-order valence-corrected chi connectivity index (χ3v) is 6.84. The van der Waals surface area contributed by atoms with Gasteiger partial charge in [0.15, 0.2) is 0 Å². The van der Waals surface area contributed by atoms with Gasteiger partial charge in [0.1, 0.15) is 0 Å². The Kier molecular flexibility index (Phi) is 4.48. The second-order valence-corrected chi connectivity index (χ2v) is 8.54. The summed E-state index contributed by atoms with van der Waals surface area (Å²) in [6, 6.07) is 0. The number of rotatable bonds is 2. The van der Waals surface area contributed by atoms with Gasteiger partial charge in [-0.1, -0.05) is 56.5 Å². The van der Waals surface area contributed by atoms with Crippen molar-refractivity contribution < 1.29 is 0 Å². The summed E-state index contributed by atoms with van der Waals surface area (Å²) in [7, 11) is -0.418. The van der Waals surface area contributed by atoms with Crippen LogP contribution >= 0.6 is 22.6 Å². The van der Waals surface area contributed by atoms with Crippen LogP contribution in [-0.2, 0) is 0 Å². The number of hydrogen-bond donors (Lipinski definition) is 0. The Morgan fingerprint density at radius 2 is 1.70 bits per heavy atom. The molecule has 0 saturated carbocycles. The number of alkyl halides is 1. The molecule has 0 amide bonds. The van der Waals surface area contributed by atoms with Crippen LogP contribution in [0.3, 0.4) is 0 Å². The summed E-state index contributed by atoms with van der Waals surface area (Å²) >= 11 is 2.52. The Bertz CT molecular complexity index is 93.9. The topological polar surface area (TPSA) is 0 Å². The molecule has 0 saturated heterocycles. The molecular weight excluding hydrogens is 251 g/mol. The van der Waals surface area contributed by atoms with Crippen LogP contribution in [0.25, 0.3) is 0 Å². The van der Waals surface area contributed by atoms with Crippen molar-refractivity contribution in [1.82, 2.24) is 0 Å². The molecule has 0 N–H and O–H groups in total. The maximum atomic E-state index is 2.52. The fraction of sp³-hybridized carbons (Fsp3) is 1.00. The number of hydrogen-bond acceptors (Lipinski definition) is 0. The third-order valence-electron chi connectivity index (χ3n) is 2.08. The SMILES string of the molecule is C[SiH](C)C(CI)C(C)(C)C. The van der Waals surface area contributed by atoms with E-state index >= 15 is 0 Å². The minimum absolute atomic E-state index is 0.418. The molecule has 0 radical (unpaired) electrons. The smallest absolute Gasteiger partial charge is 0.0353 e. The zero-order chi connectivity index (χ0) is 8.36. The lowest BCUT2D eigenvalue weighted by molar-refractivity contribution is 0.398. The van der Waals surface area contributed by atoms with E-state index in [2.05, 4.69) is 56.5 Å². The van der Waals surface area contributed by atoms with Gasteiger partial charge in [0.25, 0.3) is 0 Å². The van der Waals surface area contributed by atoms with Crippen LogP contribution in [0.1, 0.15) is 20.8 Å². The number of halogens is 1. The van der Waals surface area contributed by atoms with Crippen molar-refractivity contribution in [3.8, 4) is 0 Å². The molecule has 0 aliphatic heterocycles. The van der Waals surface area contributed by atoms with Crippen LogP contribution in [0.4, 0.5) is 0 Å². The van der Waals surface area contributed by atoms with E-state index in [9.17, 15) is 0 Å². The van der Waals surface area contributed by atoms with Crippen LogP contribution in [0.5, 0.6) is 0 Å². The van der Waals surface area contributed by atoms with Gasteiger partial charge < -0.3 is 0 Å². The molecule has 0 nitrogen and oxygen atoms in total. The highest BCUT2D eigenvalue weighted by Crippen LogP contribution is 2.35. The van der Waals surface area contributed by atoms with E-state index in [0.717, 1.165) is 5.54 Å². The summed E-state index contributed by atoms with van der Waals surface area (Å²) in [6.07, 6.45) is 0. The quantitative estimate of drug-likeness (QED) is 0.410. The van der Waals surface area contributed by atoms with Crippen LogP contribution in [-0.4, -0.2) is 13.2 Å². The fourth-order valence-corrected chi connectivity index (χ4v) is 8.14. The van der Waals surface area contributed by atoms with Gasteiger partial charge >= 0.3 is 0 Å². The van der Waals surface area contributed by atoms with E-state index in [1.165, 1.54) is 4.43 Å². The molecule has 0 aliphatic carbocycles. The molecule has 10 heavy (non-hydrogen) atoms. The average Bonchev–Trinajstić information content (AvgIpc) is 1.60. The maximum Gasteiger partial charge on any atom is 0.0353 e. The predicted molar refractivity (Wildman–Crippen MR) is 61.0 cm³/mol. The molecule has 0 aliphatic rings. The summed E-state index contributed by atoms with van der Waals surface area (Å²) in [6.45, 7) is 12.0. The summed E-state index contributed by atoms with van der Waals surface area (Å²) < 4.78 is 1.34. The van der Waals surface area contributed by atoms with Gasteiger partial charge in [0.2, 0.25) is 0 Å². The molecule has 0 bridgehead atoms. The van der Waals surface area contributed by atoms with E-state index in [1.54, 1.807) is 0 Å². The lowest BCUT2D eigenvalue weighted by Gasteiger charge is -2.31. The average molecular weight is 270 g/mol. The molecule has 0 aromatic carbocycles. The minimum atomic E-state index is -0.418. The van der Waals surface area contributed by atoms with Crippen molar-refractivity contribution in [2.45, 2.75) is 39.4 Å². The largest absolute Gasteiger partial charge is 0.0864 e. The lowest BCUT2D eigenvalue weighted by atomic mass is 9.93. The minimum Gasteiger partial charge on any atom is -0.0864 e. The predicted octanol–water partition coefficient (Wildman–Crippen LogP) is 3.32. The first-order valence-corrected chi connectivity index (χ1v) is 8.45. The van der Waals surface area contributed by atoms with Crippen molar-refractivity contribution in [1.29, 1.82) is 0 Å². The van der Waals surface area contributed by atoms with Gasteiger partial charge in [-0.15, -0.1) is 0 Å². The van der Waals surface area contributed by atoms with E-state index in [4.69, 9.17) is 0 Å². The molecule has 62 valence electrons. The van der Waals surface area contributed by atoms with Crippen molar-refractivity contribution in [3.63, 3.8) is 0 Å². The molecule has 2 heteroatoms. The summed E-state index contributed by atoms with van der Waals surface area (Å²) in [4.78, 5) is 0. The van der Waals surface area contributed by atoms with Crippen molar-refractivity contribution in [3.05, 3.63) is 0 Å². The van der Waals surface area contributed by atoms with E-state index in [0.29, 0.717) is 5.41 Å². The van der Waals surface area contributed by atoms with Crippen LogP contribution in [0, 0.1) is 5.41 Å². The monoisotopic (exact) mass is 270 g/mol. The molecule has 1 atom stereocenters. The summed E-state index contributed by atoms with van der Waals surface area (Å²) in [5, 5.41) is 0. The molecule has 0 aromatic heterocycles. The standard InChI is InChI=1S/C8H19ISi/c1-8(2,3)7(6-9)10(4)5/h7,10H,6H2,1-5H3. The molecular formula is C8H19ISi. The molecule has 0 heterocycles. The lowest BCUT2D eigenvalue weighted by Crippen LogP contribution is -2.26. The molecule has 1 unspecified atom stereocenters. The fourth-order valence-electron chi connectivity index (χ4n) is 1.41. The molecule has 0 aromatic rings. The Morgan fingerprint density at radius 3 is 1.70 bits per heavy atom. The van der Waals surface area contributed by atoms with E-state index in [1.807, 2.05) is 0 Å². The van der Waals surface area contributed by atoms with Crippen LogP contribution in [0.2, 0.25) is 18.6 Å². The first-order valence-electron chi connectivity index (χ1n) is 3.95. The van der Waals surface area contributed by atoms with Gasteiger partial charge in [-0.2, -0.15) is 0 Å². The third kappa shape index (κ3) is 3.37. The van der Waals surface area contributed by atoms with Gasteiger partial charge in [-0.05, 0) is 11.0 Å². The maximum absolute atomic E-state index is 2.52. The highest BCUT2D eigenvalue weighted by molar-refractivity contribution is 14.1. The Hall–Kier alpha value is 0.947. The van der Waals surface area contributed by atoms with Crippen molar-refractivity contribution in [2.24, 2.45) is 5.41 Å². The highest BCUT2D eigenvalue weighted by Gasteiger charge is 2.26. The zero-order valence-electron chi connectivity index (χ0n) is 7.74. The van der Waals surface area contributed by atoms with Crippen LogP contribution < -0.4 is 0 Å². The molecule has 0 fully saturated rings. The van der Waals surface area contributed by atoms with Gasteiger partial charge in [-0.25, -0.2) is 0 Å². The first kappa shape index (κ1) is 10.9. The highest BCUT2D eigenvalue weighted by atomic mass is 127. The zero-order valence-corrected chi connectivity index (χ0v) is 11.1. The normalized spacial score (nSPS) is 15.9. The summed E-state index contributed by atoms with van der Waals surface area (Å²) in [5.74, 6) is 0. The van der Waals surface area contributed by atoms with Gasteiger partial charge in [-0.3, -0.25) is 0 Å². The Morgan fingerprint density at radius 1 is 1.30 bits per heavy atom. The Labute approximate surface area is 80.5 Å². The van der Waals surface area contributed by atoms with Crippen molar-refractivity contribution in [2.75, 3.05) is 4.43 Å². The first-order chi connectivity index (χ1) is 4.39.